The number of methoxy groups -OCH3 is 1. The van der Waals surface area contributed by atoms with Crippen LogP contribution in [0.5, 0.6) is 5.75 Å². The maximum absolute atomic E-state index is 14.7. The first-order chi connectivity index (χ1) is 24.6. The molecule has 2 aliphatic heterocycles. The summed E-state index contributed by atoms with van der Waals surface area (Å²) in [6.45, 7) is 1.18. The van der Waals surface area contributed by atoms with E-state index in [0.29, 0.717) is 55.9 Å². The standard InChI is InChI=1S/C39H41ClF3N3O5/c1-50-35(48)10-4-9-34(47)45-22-27-20-29(25-13-11-24(12-14-25)6-5-19-51-38-32(42)18-17-31(41)37(38)43)36(33(23-45)44-27)39(49)46(28-15-16-28)21-26-7-2-3-8-30(26)40/h2-3,7-8,11-14,17-18,27-28,33,44H,4-6,9-10,15-16,19-23H2,1H3/t27-,33-/m1/s1. The SMILES string of the molecule is COC(=O)CCCC(=O)N1C[C@H]2CC(c3ccc(CCCOc4c(F)ccc(F)c4F)cc3)=C(C(=O)N(Cc3ccccc3Cl)C3CC3)[C@@H](C1)N2. The van der Waals surface area contributed by atoms with Gasteiger partial charge in [0.15, 0.2) is 17.4 Å². The van der Waals surface area contributed by atoms with Gasteiger partial charge in [0.2, 0.25) is 11.7 Å². The summed E-state index contributed by atoms with van der Waals surface area (Å²) in [5, 5.41) is 4.22. The number of benzene rings is 3. The molecule has 0 unspecified atom stereocenters. The lowest BCUT2D eigenvalue weighted by molar-refractivity contribution is -0.141. The molecule has 270 valence electrons. The molecule has 8 nitrogen and oxygen atoms in total. The lowest BCUT2D eigenvalue weighted by Crippen LogP contribution is -2.62. The molecule has 1 aliphatic carbocycles. The highest BCUT2D eigenvalue weighted by Crippen LogP contribution is 2.38. The van der Waals surface area contributed by atoms with Gasteiger partial charge in [0.25, 0.3) is 5.91 Å². The average molecular weight is 724 g/mol. The quantitative estimate of drug-likeness (QED) is 0.114. The van der Waals surface area contributed by atoms with E-state index in [1.54, 1.807) is 4.90 Å². The number of amides is 2. The van der Waals surface area contributed by atoms with Crippen molar-refractivity contribution in [3.8, 4) is 5.75 Å². The average Bonchev–Trinajstić information content (AvgIpc) is 3.97. The monoisotopic (exact) mass is 723 g/mol. The van der Waals surface area contributed by atoms with E-state index in [1.165, 1.54) is 7.11 Å². The molecule has 3 aliphatic rings. The van der Waals surface area contributed by atoms with Crippen LogP contribution in [0.15, 0.2) is 66.2 Å². The minimum Gasteiger partial charge on any atom is -0.488 e. The predicted molar refractivity (Wildman–Crippen MR) is 186 cm³/mol. The third-order valence-corrected chi connectivity index (χ3v) is 10.1. The summed E-state index contributed by atoms with van der Waals surface area (Å²) < 4.78 is 51.4. The molecule has 1 N–H and O–H groups in total. The summed E-state index contributed by atoms with van der Waals surface area (Å²) in [4.78, 5) is 43.3. The van der Waals surface area contributed by atoms with Crippen LogP contribution in [0, 0.1) is 17.5 Å². The van der Waals surface area contributed by atoms with Gasteiger partial charge in [0, 0.05) is 55.2 Å². The van der Waals surface area contributed by atoms with Gasteiger partial charge in [0.05, 0.1) is 19.8 Å². The van der Waals surface area contributed by atoms with Crippen molar-refractivity contribution in [2.75, 3.05) is 26.8 Å². The first-order valence-electron chi connectivity index (χ1n) is 17.4. The highest BCUT2D eigenvalue weighted by Gasteiger charge is 2.43. The fourth-order valence-corrected chi connectivity index (χ4v) is 7.09. The number of nitrogens with one attached hydrogen (secondary N) is 1. The van der Waals surface area contributed by atoms with Gasteiger partial charge >= 0.3 is 5.97 Å². The van der Waals surface area contributed by atoms with Gasteiger partial charge in [-0.3, -0.25) is 14.4 Å². The fraction of sp³-hybridized carbons (Fsp3) is 0.410. The molecule has 0 aromatic heterocycles. The van der Waals surface area contributed by atoms with E-state index in [4.69, 9.17) is 21.1 Å². The zero-order valence-electron chi connectivity index (χ0n) is 28.4. The molecular weight excluding hydrogens is 683 g/mol. The number of rotatable bonds is 14. The maximum Gasteiger partial charge on any atom is 0.305 e. The number of piperazine rings is 1. The van der Waals surface area contributed by atoms with E-state index in [-0.39, 0.29) is 49.3 Å². The number of aryl methyl sites for hydroxylation is 1. The molecular formula is C39H41ClF3N3O5. The van der Waals surface area contributed by atoms with E-state index in [1.807, 2.05) is 53.4 Å². The summed E-state index contributed by atoms with van der Waals surface area (Å²) in [5.41, 5.74) is 4.31. The third kappa shape index (κ3) is 8.76. The Bertz CT molecular complexity index is 1800. The van der Waals surface area contributed by atoms with Crippen molar-refractivity contribution in [2.24, 2.45) is 0 Å². The number of hydrogen-bond acceptors (Lipinski definition) is 6. The second-order valence-corrected chi connectivity index (χ2v) is 13.7. The molecule has 1 saturated carbocycles. The number of fused-ring (bicyclic) bond motifs is 2. The van der Waals surface area contributed by atoms with Crippen molar-refractivity contribution in [3.63, 3.8) is 0 Å². The molecule has 12 heteroatoms. The molecule has 51 heavy (non-hydrogen) atoms. The Morgan fingerprint density at radius 1 is 0.941 bits per heavy atom. The van der Waals surface area contributed by atoms with Crippen LogP contribution in [0.4, 0.5) is 13.2 Å². The molecule has 1 saturated heterocycles. The summed E-state index contributed by atoms with van der Waals surface area (Å²) in [6.07, 6.45) is 4.11. The summed E-state index contributed by atoms with van der Waals surface area (Å²) in [7, 11) is 1.33. The van der Waals surface area contributed by atoms with Gasteiger partial charge in [-0.05, 0) is 79.0 Å². The second-order valence-electron chi connectivity index (χ2n) is 13.3. The Labute approximate surface area is 300 Å². The molecule has 2 atom stereocenters. The third-order valence-electron chi connectivity index (χ3n) is 9.69. The summed E-state index contributed by atoms with van der Waals surface area (Å²) >= 11 is 6.54. The lowest BCUT2D eigenvalue weighted by Gasteiger charge is -2.45. The Morgan fingerprint density at radius 3 is 2.41 bits per heavy atom. The number of nitrogens with zero attached hydrogens (tertiary/aromatic N) is 2. The molecule has 2 amide bonds. The molecule has 0 spiro atoms. The normalized spacial score (nSPS) is 18.4. The van der Waals surface area contributed by atoms with Gasteiger partial charge in [-0.15, -0.1) is 0 Å². The second kappa shape index (κ2) is 16.3. The van der Waals surface area contributed by atoms with E-state index >= 15 is 0 Å². The highest BCUT2D eigenvalue weighted by molar-refractivity contribution is 6.31. The summed E-state index contributed by atoms with van der Waals surface area (Å²) in [5.74, 6) is -4.69. The van der Waals surface area contributed by atoms with E-state index < -0.39 is 29.2 Å². The van der Waals surface area contributed by atoms with Crippen LogP contribution >= 0.6 is 11.6 Å². The molecule has 2 bridgehead atoms. The number of hydrogen-bond donors (Lipinski definition) is 1. The van der Waals surface area contributed by atoms with Crippen LogP contribution < -0.4 is 10.1 Å². The number of halogens is 4. The van der Waals surface area contributed by atoms with Crippen LogP contribution in [-0.2, 0) is 32.1 Å². The molecule has 0 radical (unpaired) electrons. The molecule has 3 aromatic carbocycles. The number of carbonyl (C=O) groups is 3. The Hall–Kier alpha value is -4.35. The first-order valence-corrected chi connectivity index (χ1v) is 17.7. The van der Waals surface area contributed by atoms with Crippen molar-refractivity contribution in [1.82, 2.24) is 15.1 Å². The van der Waals surface area contributed by atoms with Gasteiger partial charge in [-0.25, -0.2) is 8.78 Å². The Kier molecular flexibility index (Phi) is 11.7. The minimum atomic E-state index is -1.34. The number of carbonyl (C=O) groups excluding carboxylic acids is 3. The minimum absolute atomic E-state index is 0.00177. The molecule has 3 aromatic rings. The number of ether oxygens (including phenoxy) is 2. The van der Waals surface area contributed by atoms with Crippen molar-refractivity contribution in [1.29, 1.82) is 0 Å². The van der Waals surface area contributed by atoms with Crippen LogP contribution in [-0.4, -0.2) is 72.5 Å². The van der Waals surface area contributed by atoms with Gasteiger partial charge in [-0.2, -0.15) is 4.39 Å². The van der Waals surface area contributed by atoms with Crippen molar-refractivity contribution >= 4 is 35.0 Å². The summed E-state index contributed by atoms with van der Waals surface area (Å²) in [6, 6.07) is 16.6. The fourth-order valence-electron chi connectivity index (χ4n) is 6.90. The largest absolute Gasteiger partial charge is 0.488 e. The topological polar surface area (TPSA) is 88.2 Å². The Balaban J connectivity index is 1.22. The molecule has 6 rings (SSSR count). The highest BCUT2D eigenvalue weighted by atomic mass is 35.5. The zero-order valence-corrected chi connectivity index (χ0v) is 29.2. The molecule has 2 fully saturated rings. The van der Waals surface area contributed by atoms with Crippen LogP contribution in [0.1, 0.15) is 61.6 Å². The predicted octanol–water partition coefficient (Wildman–Crippen LogP) is 6.63. The number of esters is 1. The van der Waals surface area contributed by atoms with Crippen molar-refractivity contribution in [3.05, 3.63) is 105 Å². The lowest BCUT2D eigenvalue weighted by atomic mass is 9.82. The van der Waals surface area contributed by atoms with Gasteiger partial charge in [-0.1, -0.05) is 54.1 Å². The van der Waals surface area contributed by atoms with Crippen molar-refractivity contribution in [2.45, 2.75) is 76.0 Å². The van der Waals surface area contributed by atoms with Gasteiger partial charge < -0.3 is 24.6 Å². The first kappa shape index (κ1) is 36.4. The maximum atomic E-state index is 14.7. The van der Waals surface area contributed by atoms with Gasteiger partial charge in [0.1, 0.15) is 0 Å². The van der Waals surface area contributed by atoms with Crippen molar-refractivity contribution < 1.29 is 37.0 Å². The van der Waals surface area contributed by atoms with Crippen LogP contribution in [0.3, 0.4) is 0 Å². The van der Waals surface area contributed by atoms with E-state index in [2.05, 4.69) is 5.32 Å². The zero-order chi connectivity index (χ0) is 36.1. The smallest absolute Gasteiger partial charge is 0.305 e. The Morgan fingerprint density at radius 2 is 1.69 bits per heavy atom. The van der Waals surface area contributed by atoms with E-state index in [9.17, 15) is 27.6 Å². The molecule has 2 heterocycles. The van der Waals surface area contributed by atoms with Crippen LogP contribution in [0.2, 0.25) is 5.02 Å². The van der Waals surface area contributed by atoms with E-state index in [0.717, 1.165) is 47.2 Å². The van der Waals surface area contributed by atoms with Crippen LogP contribution in [0.25, 0.3) is 5.57 Å².